The third kappa shape index (κ3) is 5.15. The van der Waals surface area contributed by atoms with Gasteiger partial charge >= 0.3 is 0 Å². The van der Waals surface area contributed by atoms with Crippen LogP contribution in [0.15, 0.2) is 0 Å². The van der Waals surface area contributed by atoms with Crippen LogP contribution in [0.2, 0.25) is 0 Å². The summed E-state index contributed by atoms with van der Waals surface area (Å²) in [4.78, 5) is 0. The molecular formula is C9H18ClNO3S. The van der Waals surface area contributed by atoms with E-state index in [9.17, 15) is 8.42 Å². The van der Waals surface area contributed by atoms with Gasteiger partial charge in [0.15, 0.2) is 0 Å². The van der Waals surface area contributed by atoms with Gasteiger partial charge in [0, 0.05) is 12.4 Å². The minimum Gasteiger partial charge on any atom is -0.393 e. The summed E-state index contributed by atoms with van der Waals surface area (Å²) in [6.07, 6.45) is 2.53. The average Bonchev–Trinajstić information content (AvgIpc) is 2.11. The zero-order chi connectivity index (χ0) is 11.3. The van der Waals surface area contributed by atoms with E-state index >= 15 is 0 Å². The van der Waals surface area contributed by atoms with Crippen molar-refractivity contribution >= 4 is 21.6 Å². The Hall–Kier alpha value is 0.160. The summed E-state index contributed by atoms with van der Waals surface area (Å²) in [5.74, 6) is 0.960. The Labute approximate surface area is 96.1 Å². The van der Waals surface area contributed by atoms with Crippen molar-refractivity contribution in [3.05, 3.63) is 0 Å². The van der Waals surface area contributed by atoms with Gasteiger partial charge in [0.2, 0.25) is 10.0 Å². The fourth-order valence-corrected chi connectivity index (χ4v) is 2.98. The maximum absolute atomic E-state index is 11.4. The topological polar surface area (TPSA) is 66.4 Å². The summed E-state index contributed by atoms with van der Waals surface area (Å²) in [6.45, 7) is 0.459. The van der Waals surface area contributed by atoms with E-state index in [4.69, 9.17) is 16.7 Å². The first-order chi connectivity index (χ1) is 7.03. The van der Waals surface area contributed by atoms with Crippen LogP contribution in [-0.4, -0.2) is 37.8 Å². The molecule has 6 heteroatoms. The van der Waals surface area contributed by atoms with Crippen LogP contribution >= 0.6 is 11.6 Å². The molecule has 0 spiro atoms. The SMILES string of the molecule is O=S(=O)(CCCCCl)NCC1CC(O)C1. The van der Waals surface area contributed by atoms with Crippen molar-refractivity contribution < 1.29 is 13.5 Å². The Balaban J connectivity index is 2.13. The van der Waals surface area contributed by atoms with Crippen molar-refractivity contribution in [2.24, 2.45) is 5.92 Å². The second-order valence-corrected chi connectivity index (χ2v) is 6.36. The molecule has 0 aromatic heterocycles. The molecule has 0 saturated heterocycles. The molecule has 0 amide bonds. The van der Waals surface area contributed by atoms with Gasteiger partial charge in [-0.3, -0.25) is 0 Å². The summed E-state index contributed by atoms with van der Waals surface area (Å²) < 4.78 is 25.4. The minimum atomic E-state index is -3.13. The molecule has 0 atom stereocenters. The third-order valence-corrected chi connectivity index (χ3v) is 4.30. The van der Waals surface area contributed by atoms with Crippen molar-refractivity contribution in [2.75, 3.05) is 18.2 Å². The number of alkyl halides is 1. The number of hydrogen-bond acceptors (Lipinski definition) is 3. The highest BCUT2D eigenvalue weighted by Gasteiger charge is 2.27. The van der Waals surface area contributed by atoms with Gasteiger partial charge in [-0.05, 0) is 31.6 Å². The Morgan fingerprint density at radius 2 is 2.00 bits per heavy atom. The van der Waals surface area contributed by atoms with Crippen molar-refractivity contribution in [3.63, 3.8) is 0 Å². The maximum atomic E-state index is 11.4. The highest BCUT2D eigenvalue weighted by molar-refractivity contribution is 7.89. The standard InChI is InChI=1S/C9H18ClNO3S/c10-3-1-2-4-15(13,14)11-7-8-5-9(12)6-8/h8-9,11-12H,1-7H2. The normalized spacial score (nSPS) is 26.3. The molecule has 1 fully saturated rings. The summed E-state index contributed by atoms with van der Waals surface area (Å²) in [6, 6.07) is 0. The first-order valence-electron chi connectivity index (χ1n) is 5.25. The van der Waals surface area contributed by atoms with E-state index in [1.54, 1.807) is 0 Å². The highest BCUT2D eigenvalue weighted by atomic mass is 35.5. The molecule has 0 heterocycles. The molecule has 1 saturated carbocycles. The summed E-state index contributed by atoms with van der Waals surface area (Å²) in [7, 11) is -3.13. The van der Waals surface area contributed by atoms with Crippen LogP contribution in [-0.2, 0) is 10.0 Å². The molecule has 0 unspecified atom stereocenters. The molecule has 0 bridgehead atoms. The van der Waals surface area contributed by atoms with Gasteiger partial charge < -0.3 is 5.11 Å². The van der Waals surface area contributed by atoms with E-state index in [1.165, 1.54) is 0 Å². The molecule has 4 nitrogen and oxygen atoms in total. The van der Waals surface area contributed by atoms with Crippen LogP contribution in [0, 0.1) is 5.92 Å². The first-order valence-corrected chi connectivity index (χ1v) is 7.43. The number of aliphatic hydroxyl groups excluding tert-OH is 1. The highest BCUT2D eigenvalue weighted by Crippen LogP contribution is 2.26. The monoisotopic (exact) mass is 255 g/mol. The smallest absolute Gasteiger partial charge is 0.211 e. The van der Waals surface area contributed by atoms with Crippen molar-refractivity contribution in [3.8, 4) is 0 Å². The molecule has 1 rings (SSSR count). The zero-order valence-corrected chi connectivity index (χ0v) is 10.2. The van der Waals surface area contributed by atoms with Crippen LogP contribution in [0.3, 0.4) is 0 Å². The number of halogens is 1. The number of nitrogens with one attached hydrogen (secondary N) is 1. The largest absolute Gasteiger partial charge is 0.393 e. The van der Waals surface area contributed by atoms with Crippen LogP contribution in [0.5, 0.6) is 0 Å². The maximum Gasteiger partial charge on any atom is 0.211 e. The molecular weight excluding hydrogens is 238 g/mol. The number of rotatable bonds is 7. The molecule has 1 aliphatic carbocycles. The van der Waals surface area contributed by atoms with Crippen molar-refractivity contribution in [1.82, 2.24) is 4.72 Å². The van der Waals surface area contributed by atoms with E-state index in [-0.39, 0.29) is 11.9 Å². The summed E-state index contributed by atoms with van der Waals surface area (Å²) in [5, 5.41) is 9.03. The lowest BCUT2D eigenvalue weighted by atomic mass is 9.83. The number of aliphatic hydroxyl groups is 1. The van der Waals surface area contributed by atoms with E-state index in [0.29, 0.717) is 37.6 Å². The van der Waals surface area contributed by atoms with Gasteiger partial charge in [-0.2, -0.15) is 0 Å². The van der Waals surface area contributed by atoms with Gasteiger partial charge in [0.25, 0.3) is 0 Å². The van der Waals surface area contributed by atoms with E-state index in [0.717, 1.165) is 6.42 Å². The second-order valence-electron chi connectivity index (χ2n) is 4.05. The molecule has 90 valence electrons. The predicted molar refractivity (Wildman–Crippen MR) is 60.5 cm³/mol. The third-order valence-electron chi connectivity index (χ3n) is 2.60. The summed E-state index contributed by atoms with van der Waals surface area (Å²) >= 11 is 5.46. The fraction of sp³-hybridized carbons (Fsp3) is 1.00. The van der Waals surface area contributed by atoms with Gasteiger partial charge in [-0.1, -0.05) is 0 Å². The Kier molecular flexibility index (Phi) is 5.32. The molecule has 1 aliphatic rings. The van der Waals surface area contributed by atoms with Crippen LogP contribution in [0.25, 0.3) is 0 Å². The first kappa shape index (κ1) is 13.2. The van der Waals surface area contributed by atoms with E-state index < -0.39 is 10.0 Å². The molecule has 0 aliphatic heterocycles. The fourth-order valence-electron chi connectivity index (χ4n) is 1.57. The lowest BCUT2D eigenvalue weighted by Gasteiger charge is -2.31. The van der Waals surface area contributed by atoms with Crippen LogP contribution in [0.1, 0.15) is 25.7 Å². The molecule has 0 aromatic carbocycles. The average molecular weight is 256 g/mol. The Bertz CT molecular complexity index is 275. The predicted octanol–water partition coefficient (Wildman–Crippen LogP) is 0.696. The van der Waals surface area contributed by atoms with Gasteiger partial charge in [0.1, 0.15) is 0 Å². The molecule has 2 N–H and O–H groups in total. The minimum absolute atomic E-state index is 0.148. The molecule has 0 radical (unpaired) electrons. The number of sulfonamides is 1. The second kappa shape index (κ2) is 6.03. The quantitative estimate of drug-likeness (QED) is 0.520. The lowest BCUT2D eigenvalue weighted by Crippen LogP contribution is -2.39. The van der Waals surface area contributed by atoms with Crippen LogP contribution in [0.4, 0.5) is 0 Å². The van der Waals surface area contributed by atoms with Crippen LogP contribution < -0.4 is 4.72 Å². The number of unbranched alkanes of at least 4 members (excludes halogenated alkanes) is 1. The summed E-state index contributed by atoms with van der Waals surface area (Å²) in [5.41, 5.74) is 0. The molecule has 0 aromatic rings. The van der Waals surface area contributed by atoms with Crippen molar-refractivity contribution in [2.45, 2.75) is 31.8 Å². The zero-order valence-electron chi connectivity index (χ0n) is 8.65. The van der Waals surface area contributed by atoms with E-state index in [2.05, 4.69) is 4.72 Å². The Morgan fingerprint density at radius 1 is 1.33 bits per heavy atom. The van der Waals surface area contributed by atoms with Gasteiger partial charge in [-0.15, -0.1) is 11.6 Å². The van der Waals surface area contributed by atoms with Crippen molar-refractivity contribution in [1.29, 1.82) is 0 Å². The lowest BCUT2D eigenvalue weighted by molar-refractivity contribution is 0.0453. The number of hydrogen-bond donors (Lipinski definition) is 2. The molecule has 15 heavy (non-hydrogen) atoms. The Morgan fingerprint density at radius 3 is 2.53 bits per heavy atom. The van der Waals surface area contributed by atoms with Gasteiger partial charge in [-0.25, -0.2) is 13.1 Å². The van der Waals surface area contributed by atoms with E-state index in [1.807, 2.05) is 0 Å². The van der Waals surface area contributed by atoms with Gasteiger partial charge in [0.05, 0.1) is 11.9 Å².